The number of carbonyl (C=O) groups is 1. The second-order valence-corrected chi connectivity index (χ2v) is 3.41. The van der Waals surface area contributed by atoms with Gasteiger partial charge in [0.05, 0.1) is 5.69 Å². The minimum Gasteiger partial charge on any atom is -0.325 e. The van der Waals surface area contributed by atoms with E-state index < -0.39 is 0 Å². The highest BCUT2D eigenvalue weighted by Crippen LogP contribution is 2.25. The number of rotatable bonds is 1. The largest absolute Gasteiger partial charge is 0.325 e. The normalized spacial score (nSPS) is 9.58. The monoisotopic (exact) mass is 227 g/mol. The van der Waals surface area contributed by atoms with E-state index in [0.717, 1.165) is 15.7 Å². The number of anilines is 1. The Morgan fingerprint density at radius 2 is 2.17 bits per heavy atom. The summed E-state index contributed by atoms with van der Waals surface area (Å²) in [6.45, 7) is 3.48. The molecule has 1 amide bonds. The first-order chi connectivity index (χ1) is 5.61. The third-order valence-electron chi connectivity index (χ3n) is 1.50. The van der Waals surface area contributed by atoms with Gasteiger partial charge in [-0.1, -0.05) is 12.1 Å². The molecule has 0 saturated carbocycles. The van der Waals surface area contributed by atoms with Crippen molar-refractivity contribution >= 4 is 27.5 Å². The van der Waals surface area contributed by atoms with Crippen molar-refractivity contribution in [2.45, 2.75) is 13.8 Å². The summed E-state index contributed by atoms with van der Waals surface area (Å²) in [7, 11) is 0. The van der Waals surface area contributed by atoms with Crippen molar-refractivity contribution in [1.29, 1.82) is 0 Å². The number of hydrogen-bond acceptors (Lipinski definition) is 1. The molecule has 0 heterocycles. The lowest BCUT2D eigenvalue weighted by atomic mass is 10.2. The SMILES string of the molecule is CC(=O)Nc1cccc(C)c1Br. The summed E-state index contributed by atoms with van der Waals surface area (Å²) in [5.74, 6) is -0.0544. The molecule has 0 aliphatic carbocycles. The third kappa shape index (κ3) is 2.08. The van der Waals surface area contributed by atoms with Gasteiger partial charge < -0.3 is 5.32 Å². The van der Waals surface area contributed by atoms with Crippen LogP contribution in [0.4, 0.5) is 5.69 Å². The molecule has 0 unspecified atom stereocenters. The molecule has 0 atom stereocenters. The van der Waals surface area contributed by atoms with Crippen LogP contribution in [0.2, 0.25) is 0 Å². The number of carbonyl (C=O) groups excluding carboxylic acids is 1. The Kier molecular flexibility index (Phi) is 2.87. The van der Waals surface area contributed by atoms with Crippen molar-refractivity contribution in [3.05, 3.63) is 28.2 Å². The van der Waals surface area contributed by atoms with Gasteiger partial charge >= 0.3 is 0 Å². The van der Waals surface area contributed by atoms with E-state index in [1.54, 1.807) is 0 Å². The van der Waals surface area contributed by atoms with Gasteiger partial charge in [0.1, 0.15) is 0 Å². The second-order valence-electron chi connectivity index (χ2n) is 2.62. The lowest BCUT2D eigenvalue weighted by molar-refractivity contribution is -0.114. The van der Waals surface area contributed by atoms with E-state index in [1.165, 1.54) is 6.92 Å². The van der Waals surface area contributed by atoms with Crippen LogP contribution in [0.3, 0.4) is 0 Å². The van der Waals surface area contributed by atoms with Crippen LogP contribution < -0.4 is 5.32 Å². The molecule has 1 aromatic rings. The van der Waals surface area contributed by atoms with Gasteiger partial charge in [-0.25, -0.2) is 0 Å². The molecule has 0 saturated heterocycles. The van der Waals surface area contributed by atoms with E-state index in [0.29, 0.717) is 0 Å². The van der Waals surface area contributed by atoms with E-state index in [1.807, 2.05) is 25.1 Å². The molecule has 0 aromatic heterocycles. The molecule has 2 nitrogen and oxygen atoms in total. The Bertz CT molecular complexity index is 309. The molecule has 0 fully saturated rings. The van der Waals surface area contributed by atoms with E-state index in [4.69, 9.17) is 0 Å². The number of aryl methyl sites for hydroxylation is 1. The van der Waals surface area contributed by atoms with Gasteiger partial charge in [-0.3, -0.25) is 4.79 Å². The van der Waals surface area contributed by atoms with E-state index in [9.17, 15) is 4.79 Å². The Labute approximate surface area is 80.1 Å². The van der Waals surface area contributed by atoms with Crippen LogP contribution in [-0.4, -0.2) is 5.91 Å². The van der Waals surface area contributed by atoms with Crippen molar-refractivity contribution in [3.63, 3.8) is 0 Å². The number of halogens is 1. The standard InChI is InChI=1S/C9H10BrNO/c1-6-4-3-5-8(9(6)10)11-7(2)12/h3-5H,1-2H3,(H,11,12). The third-order valence-corrected chi connectivity index (χ3v) is 2.56. The van der Waals surface area contributed by atoms with Crippen LogP contribution in [-0.2, 0) is 4.79 Å². The van der Waals surface area contributed by atoms with Crippen LogP contribution >= 0.6 is 15.9 Å². The molecule has 0 spiro atoms. The lowest BCUT2D eigenvalue weighted by Crippen LogP contribution is -2.06. The minimum absolute atomic E-state index is 0.0544. The van der Waals surface area contributed by atoms with Crippen LogP contribution in [0.5, 0.6) is 0 Å². The Balaban J connectivity index is 3.00. The summed E-state index contributed by atoms with van der Waals surface area (Å²) < 4.78 is 0.945. The smallest absolute Gasteiger partial charge is 0.221 e. The van der Waals surface area contributed by atoms with E-state index in [2.05, 4.69) is 21.2 Å². The molecule has 3 heteroatoms. The molecule has 0 aliphatic heterocycles. The zero-order valence-corrected chi connectivity index (χ0v) is 8.60. The molecule has 12 heavy (non-hydrogen) atoms. The van der Waals surface area contributed by atoms with Crippen molar-refractivity contribution in [2.24, 2.45) is 0 Å². The maximum Gasteiger partial charge on any atom is 0.221 e. The molecule has 1 N–H and O–H groups in total. The molecule has 0 bridgehead atoms. The van der Waals surface area contributed by atoms with Gasteiger partial charge in [0.15, 0.2) is 0 Å². The maximum atomic E-state index is 10.7. The molecule has 64 valence electrons. The highest BCUT2D eigenvalue weighted by Gasteiger charge is 2.02. The van der Waals surface area contributed by atoms with Gasteiger partial charge in [0, 0.05) is 11.4 Å². The van der Waals surface area contributed by atoms with Crippen LogP contribution in [0.15, 0.2) is 22.7 Å². The molecule has 1 aromatic carbocycles. The predicted octanol–water partition coefficient (Wildman–Crippen LogP) is 2.72. The highest BCUT2D eigenvalue weighted by atomic mass is 79.9. The highest BCUT2D eigenvalue weighted by molar-refractivity contribution is 9.10. The molecular formula is C9H10BrNO. The number of nitrogens with one attached hydrogen (secondary N) is 1. The fourth-order valence-corrected chi connectivity index (χ4v) is 1.30. The average Bonchev–Trinajstić information content (AvgIpc) is 1.98. The van der Waals surface area contributed by atoms with Gasteiger partial charge in [0.2, 0.25) is 5.91 Å². The summed E-state index contributed by atoms with van der Waals surface area (Å²) in [5.41, 5.74) is 1.93. The molecule has 0 aliphatic rings. The van der Waals surface area contributed by atoms with Gasteiger partial charge in [-0.2, -0.15) is 0 Å². The van der Waals surface area contributed by atoms with Crippen LogP contribution in [0.1, 0.15) is 12.5 Å². The lowest BCUT2D eigenvalue weighted by Gasteiger charge is -2.06. The fraction of sp³-hybridized carbons (Fsp3) is 0.222. The van der Waals surface area contributed by atoms with Crippen molar-refractivity contribution in [1.82, 2.24) is 0 Å². The zero-order chi connectivity index (χ0) is 9.14. The Morgan fingerprint density at radius 3 is 2.75 bits per heavy atom. The summed E-state index contributed by atoms with van der Waals surface area (Å²) in [5, 5.41) is 2.73. The summed E-state index contributed by atoms with van der Waals surface area (Å²) in [4.78, 5) is 10.7. The quantitative estimate of drug-likeness (QED) is 0.786. The van der Waals surface area contributed by atoms with Gasteiger partial charge in [-0.15, -0.1) is 0 Å². The topological polar surface area (TPSA) is 29.1 Å². The average molecular weight is 228 g/mol. The summed E-state index contributed by atoms with van der Waals surface area (Å²) in [6, 6.07) is 5.75. The number of hydrogen-bond donors (Lipinski definition) is 1. The number of benzene rings is 1. The van der Waals surface area contributed by atoms with Crippen molar-refractivity contribution in [3.8, 4) is 0 Å². The Morgan fingerprint density at radius 1 is 1.50 bits per heavy atom. The minimum atomic E-state index is -0.0544. The first-order valence-corrected chi connectivity index (χ1v) is 4.43. The maximum absolute atomic E-state index is 10.7. The summed E-state index contributed by atoms with van der Waals surface area (Å²) in [6.07, 6.45) is 0. The number of amides is 1. The molecule has 1 rings (SSSR count). The van der Waals surface area contributed by atoms with Crippen molar-refractivity contribution < 1.29 is 4.79 Å². The first kappa shape index (κ1) is 9.26. The predicted molar refractivity (Wildman–Crippen MR) is 53.2 cm³/mol. The van der Waals surface area contributed by atoms with E-state index >= 15 is 0 Å². The second kappa shape index (κ2) is 3.72. The first-order valence-electron chi connectivity index (χ1n) is 3.64. The zero-order valence-electron chi connectivity index (χ0n) is 7.02. The summed E-state index contributed by atoms with van der Waals surface area (Å²) >= 11 is 3.39. The van der Waals surface area contributed by atoms with Crippen LogP contribution in [0, 0.1) is 6.92 Å². The van der Waals surface area contributed by atoms with Gasteiger partial charge in [0.25, 0.3) is 0 Å². The van der Waals surface area contributed by atoms with Crippen molar-refractivity contribution in [2.75, 3.05) is 5.32 Å². The Hall–Kier alpha value is -0.830. The fourth-order valence-electron chi connectivity index (χ4n) is 0.934. The van der Waals surface area contributed by atoms with Crippen LogP contribution in [0.25, 0.3) is 0 Å². The molecule has 0 radical (unpaired) electrons. The van der Waals surface area contributed by atoms with E-state index in [-0.39, 0.29) is 5.91 Å². The molecular weight excluding hydrogens is 218 g/mol. The van der Waals surface area contributed by atoms with Gasteiger partial charge in [-0.05, 0) is 34.5 Å².